The van der Waals surface area contributed by atoms with E-state index in [-0.39, 0.29) is 0 Å². The van der Waals surface area contributed by atoms with Gasteiger partial charge in [0.05, 0.1) is 0 Å². The van der Waals surface area contributed by atoms with Crippen molar-refractivity contribution in [2.45, 2.75) is 110 Å². The van der Waals surface area contributed by atoms with Crippen LogP contribution in [-0.2, 0) is 0 Å². The predicted molar refractivity (Wildman–Crippen MR) is 85.5 cm³/mol. The molecule has 0 unspecified atom stereocenters. The van der Waals surface area contributed by atoms with Crippen molar-refractivity contribution in [3.8, 4) is 0 Å². The lowest BCUT2D eigenvalue weighted by atomic mass is 9.53. The van der Waals surface area contributed by atoms with E-state index in [2.05, 4.69) is 13.8 Å². The van der Waals surface area contributed by atoms with Crippen molar-refractivity contribution in [2.24, 2.45) is 10.8 Å². The van der Waals surface area contributed by atoms with Crippen LogP contribution < -0.4 is 0 Å². The molecule has 0 radical (unpaired) electrons. The molecule has 3 fully saturated rings. The van der Waals surface area contributed by atoms with Crippen molar-refractivity contribution in [1.82, 2.24) is 0 Å². The zero-order valence-corrected chi connectivity index (χ0v) is 13.6. The lowest BCUT2D eigenvalue weighted by molar-refractivity contribution is -0.00413. The molecule has 0 spiro atoms. The minimum atomic E-state index is 0.751. The maximum atomic E-state index is 2.53. The summed E-state index contributed by atoms with van der Waals surface area (Å²) in [5.41, 5.74) is 1.56. The first-order valence-electron chi connectivity index (χ1n) is 9.18. The van der Waals surface area contributed by atoms with E-state index in [1.54, 1.807) is 25.7 Å². The molecule has 2 bridgehead atoms. The van der Waals surface area contributed by atoms with Crippen molar-refractivity contribution in [2.75, 3.05) is 0 Å². The van der Waals surface area contributed by atoms with Crippen LogP contribution in [-0.4, -0.2) is 0 Å². The summed E-state index contributed by atoms with van der Waals surface area (Å²) < 4.78 is 0. The van der Waals surface area contributed by atoms with E-state index in [1.807, 2.05) is 0 Å². The first kappa shape index (κ1) is 15.4. The molecule has 0 heterocycles. The standard InChI is InChI=1S/C19H36/c1-3-4-5-6-7-8-9-10-11-19-15-12-18(2,13-16-19)14-17-19/h3-17H2,1-2H3. The summed E-state index contributed by atoms with van der Waals surface area (Å²) in [6.07, 6.45) is 22.6. The maximum Gasteiger partial charge on any atom is -0.0297 e. The van der Waals surface area contributed by atoms with Gasteiger partial charge in [-0.15, -0.1) is 0 Å². The highest BCUT2D eigenvalue weighted by atomic mass is 14.5. The fourth-order valence-corrected chi connectivity index (χ4v) is 4.46. The molecule has 0 aliphatic heterocycles. The van der Waals surface area contributed by atoms with Crippen LogP contribution in [0, 0.1) is 10.8 Å². The Labute approximate surface area is 121 Å². The second-order valence-corrected chi connectivity index (χ2v) is 8.04. The Hall–Kier alpha value is 0. The van der Waals surface area contributed by atoms with Crippen molar-refractivity contribution < 1.29 is 0 Å². The van der Waals surface area contributed by atoms with Crippen molar-refractivity contribution in [3.05, 3.63) is 0 Å². The Morgan fingerprint density at radius 1 is 0.632 bits per heavy atom. The summed E-state index contributed by atoms with van der Waals surface area (Å²) in [5.74, 6) is 0. The van der Waals surface area contributed by atoms with Gasteiger partial charge in [0.15, 0.2) is 0 Å². The van der Waals surface area contributed by atoms with E-state index >= 15 is 0 Å². The molecule has 19 heavy (non-hydrogen) atoms. The molecule has 0 saturated heterocycles. The van der Waals surface area contributed by atoms with E-state index in [9.17, 15) is 0 Å². The second kappa shape index (κ2) is 7.14. The summed E-state index contributed by atoms with van der Waals surface area (Å²) in [4.78, 5) is 0. The topological polar surface area (TPSA) is 0 Å². The third-order valence-electron chi connectivity index (χ3n) is 6.34. The van der Waals surface area contributed by atoms with Crippen LogP contribution >= 0.6 is 0 Å². The molecule has 3 aliphatic carbocycles. The number of rotatable bonds is 9. The average Bonchev–Trinajstić information content (AvgIpc) is 2.44. The Bertz CT molecular complexity index is 228. The average molecular weight is 264 g/mol. The smallest absolute Gasteiger partial charge is 0.0297 e. The summed E-state index contributed by atoms with van der Waals surface area (Å²) in [6, 6.07) is 0. The summed E-state index contributed by atoms with van der Waals surface area (Å²) in [6.45, 7) is 4.84. The third kappa shape index (κ3) is 4.50. The van der Waals surface area contributed by atoms with Crippen LogP contribution in [0.25, 0.3) is 0 Å². The Morgan fingerprint density at radius 2 is 1.11 bits per heavy atom. The Morgan fingerprint density at radius 3 is 1.63 bits per heavy atom. The van der Waals surface area contributed by atoms with Gasteiger partial charge >= 0.3 is 0 Å². The molecular formula is C19H36. The van der Waals surface area contributed by atoms with Gasteiger partial charge in [0.2, 0.25) is 0 Å². The molecule has 3 aliphatic rings. The summed E-state index contributed by atoms with van der Waals surface area (Å²) in [7, 11) is 0. The number of hydrogen-bond acceptors (Lipinski definition) is 0. The zero-order valence-electron chi connectivity index (χ0n) is 13.6. The molecule has 3 rings (SSSR count). The van der Waals surface area contributed by atoms with Crippen LogP contribution in [0.1, 0.15) is 110 Å². The van der Waals surface area contributed by atoms with Gasteiger partial charge in [-0.1, -0.05) is 65.2 Å². The maximum absolute atomic E-state index is 2.53. The molecule has 0 amide bonds. The van der Waals surface area contributed by atoms with E-state index < -0.39 is 0 Å². The Balaban J connectivity index is 1.52. The van der Waals surface area contributed by atoms with Gasteiger partial charge < -0.3 is 0 Å². The quantitative estimate of drug-likeness (QED) is 0.398. The fraction of sp³-hybridized carbons (Fsp3) is 1.00. The SMILES string of the molecule is CCCCCCCCCCC12CCC(C)(CC1)CC2. The number of unbranched alkanes of at least 4 members (excludes halogenated alkanes) is 7. The molecular weight excluding hydrogens is 228 g/mol. The fourth-order valence-electron chi connectivity index (χ4n) is 4.46. The summed E-state index contributed by atoms with van der Waals surface area (Å²) >= 11 is 0. The van der Waals surface area contributed by atoms with Gasteiger partial charge in [-0.25, -0.2) is 0 Å². The molecule has 0 aromatic heterocycles. The molecule has 0 N–H and O–H groups in total. The van der Waals surface area contributed by atoms with Crippen LogP contribution in [0.5, 0.6) is 0 Å². The third-order valence-corrected chi connectivity index (χ3v) is 6.34. The zero-order chi connectivity index (χ0) is 13.6. The number of hydrogen-bond donors (Lipinski definition) is 0. The van der Waals surface area contributed by atoms with Gasteiger partial charge in [-0.05, 0) is 55.8 Å². The summed E-state index contributed by atoms with van der Waals surface area (Å²) in [5, 5.41) is 0. The van der Waals surface area contributed by atoms with Gasteiger partial charge in [0.25, 0.3) is 0 Å². The van der Waals surface area contributed by atoms with E-state index in [0.29, 0.717) is 0 Å². The monoisotopic (exact) mass is 264 g/mol. The minimum Gasteiger partial charge on any atom is -0.0654 e. The van der Waals surface area contributed by atoms with E-state index in [1.165, 1.54) is 70.6 Å². The van der Waals surface area contributed by atoms with Gasteiger partial charge in [-0.3, -0.25) is 0 Å². The van der Waals surface area contributed by atoms with Crippen molar-refractivity contribution in [3.63, 3.8) is 0 Å². The van der Waals surface area contributed by atoms with Gasteiger partial charge in [0, 0.05) is 0 Å². The van der Waals surface area contributed by atoms with Crippen LogP contribution in [0.2, 0.25) is 0 Å². The second-order valence-electron chi connectivity index (χ2n) is 8.04. The van der Waals surface area contributed by atoms with Gasteiger partial charge in [-0.2, -0.15) is 0 Å². The first-order chi connectivity index (χ1) is 9.18. The van der Waals surface area contributed by atoms with Crippen molar-refractivity contribution >= 4 is 0 Å². The Kier molecular flexibility index (Phi) is 5.78. The van der Waals surface area contributed by atoms with Crippen LogP contribution in [0.3, 0.4) is 0 Å². The highest BCUT2D eigenvalue weighted by molar-refractivity contribution is 4.97. The number of fused-ring (bicyclic) bond motifs is 3. The molecule has 0 atom stereocenters. The molecule has 112 valence electrons. The van der Waals surface area contributed by atoms with E-state index in [4.69, 9.17) is 0 Å². The highest BCUT2D eigenvalue weighted by Gasteiger charge is 2.45. The van der Waals surface area contributed by atoms with E-state index in [0.717, 1.165) is 10.8 Å². The minimum absolute atomic E-state index is 0.751. The lowest BCUT2D eigenvalue weighted by Crippen LogP contribution is -2.39. The molecule has 0 nitrogen and oxygen atoms in total. The normalized spacial score (nSPS) is 33.8. The molecule has 0 aromatic rings. The lowest BCUT2D eigenvalue weighted by Gasteiger charge is -2.52. The highest BCUT2D eigenvalue weighted by Crippen LogP contribution is 2.58. The largest absolute Gasteiger partial charge is 0.0654 e. The predicted octanol–water partition coefficient (Wildman–Crippen LogP) is 6.88. The van der Waals surface area contributed by atoms with Crippen LogP contribution in [0.15, 0.2) is 0 Å². The molecule has 0 heteroatoms. The van der Waals surface area contributed by atoms with Crippen LogP contribution in [0.4, 0.5) is 0 Å². The van der Waals surface area contributed by atoms with Crippen molar-refractivity contribution in [1.29, 1.82) is 0 Å². The molecule has 3 saturated carbocycles. The van der Waals surface area contributed by atoms with Gasteiger partial charge in [0.1, 0.15) is 0 Å². The molecule has 0 aromatic carbocycles. The first-order valence-corrected chi connectivity index (χ1v) is 9.18.